The van der Waals surface area contributed by atoms with E-state index in [1.807, 2.05) is 12.4 Å². The quantitative estimate of drug-likeness (QED) is 0.684. The number of aromatic nitrogens is 1. The van der Waals surface area contributed by atoms with Gasteiger partial charge in [-0.1, -0.05) is 0 Å². The van der Waals surface area contributed by atoms with Crippen LogP contribution in [0.15, 0.2) is 11.6 Å². The first kappa shape index (κ1) is 8.36. The Morgan fingerprint density at radius 1 is 1.82 bits per heavy atom. The van der Waals surface area contributed by atoms with Crippen molar-refractivity contribution in [3.63, 3.8) is 0 Å². The Morgan fingerprint density at radius 2 is 2.64 bits per heavy atom. The predicted molar refractivity (Wildman–Crippen MR) is 45.0 cm³/mol. The molecule has 0 spiro atoms. The summed E-state index contributed by atoms with van der Waals surface area (Å²) in [5, 5.41) is 5.34. The van der Waals surface area contributed by atoms with Crippen molar-refractivity contribution in [3.8, 4) is 0 Å². The van der Waals surface area contributed by atoms with E-state index in [0.29, 0.717) is 11.4 Å². The van der Waals surface area contributed by atoms with E-state index in [4.69, 9.17) is 0 Å². The zero-order valence-corrected chi connectivity index (χ0v) is 7.15. The Balaban J connectivity index is 2.43. The first-order valence-electron chi connectivity index (χ1n) is 3.42. The minimum Gasteiger partial charge on any atom is -0.319 e. The summed E-state index contributed by atoms with van der Waals surface area (Å²) >= 11 is 1.39. The van der Waals surface area contributed by atoms with Crippen LogP contribution in [0.5, 0.6) is 0 Å². The lowest BCUT2D eigenvalue weighted by molar-refractivity contribution is 0.0983. The molecular weight excluding hydrogens is 160 g/mol. The summed E-state index contributed by atoms with van der Waals surface area (Å²) in [6.45, 7) is 0.721. The first-order chi connectivity index (χ1) is 5.34. The van der Waals surface area contributed by atoms with Crippen LogP contribution < -0.4 is 5.32 Å². The van der Waals surface area contributed by atoms with Gasteiger partial charge >= 0.3 is 0 Å². The molecule has 11 heavy (non-hydrogen) atoms. The first-order valence-corrected chi connectivity index (χ1v) is 4.30. The second-order valence-corrected chi connectivity index (χ2v) is 3.01. The molecule has 0 aliphatic carbocycles. The van der Waals surface area contributed by atoms with Crippen LogP contribution in [0, 0.1) is 0 Å². The molecule has 1 heterocycles. The molecule has 1 aromatic heterocycles. The van der Waals surface area contributed by atoms with Gasteiger partial charge in [0.25, 0.3) is 0 Å². The Kier molecular flexibility index (Phi) is 3.19. The smallest absolute Gasteiger partial charge is 0.192 e. The topological polar surface area (TPSA) is 42.0 Å². The van der Waals surface area contributed by atoms with E-state index in [0.717, 1.165) is 6.54 Å². The monoisotopic (exact) mass is 170 g/mol. The van der Waals surface area contributed by atoms with Crippen molar-refractivity contribution in [1.29, 1.82) is 0 Å². The molecule has 4 heteroatoms. The number of nitrogens with zero attached hydrogens (tertiary/aromatic N) is 1. The number of ketones is 1. The Hall–Kier alpha value is -0.740. The van der Waals surface area contributed by atoms with Crippen molar-refractivity contribution in [1.82, 2.24) is 10.3 Å². The number of carbonyl (C=O) groups excluding carboxylic acids is 1. The molecule has 0 atom stereocenters. The van der Waals surface area contributed by atoms with Crippen LogP contribution in [0.25, 0.3) is 0 Å². The molecule has 0 saturated heterocycles. The van der Waals surface area contributed by atoms with Gasteiger partial charge in [-0.25, -0.2) is 4.98 Å². The highest BCUT2D eigenvalue weighted by Gasteiger charge is 2.06. The summed E-state index contributed by atoms with van der Waals surface area (Å²) in [7, 11) is 1.83. The second kappa shape index (κ2) is 4.20. The zero-order chi connectivity index (χ0) is 8.10. The molecule has 3 nitrogen and oxygen atoms in total. The lowest BCUT2D eigenvalue weighted by atomic mass is 10.3. The van der Waals surface area contributed by atoms with E-state index in [9.17, 15) is 4.79 Å². The maximum absolute atomic E-state index is 11.2. The highest BCUT2D eigenvalue weighted by Crippen LogP contribution is 2.06. The third-order valence-corrected chi connectivity index (χ3v) is 2.09. The third kappa shape index (κ3) is 2.40. The van der Waals surface area contributed by atoms with Crippen LogP contribution in [0.4, 0.5) is 0 Å². The third-order valence-electron chi connectivity index (χ3n) is 1.27. The molecule has 0 aliphatic heterocycles. The molecule has 0 bridgehead atoms. The Morgan fingerprint density at radius 3 is 3.18 bits per heavy atom. The van der Waals surface area contributed by atoms with Gasteiger partial charge < -0.3 is 5.32 Å². The fraction of sp³-hybridized carbons (Fsp3) is 0.429. The van der Waals surface area contributed by atoms with Crippen molar-refractivity contribution in [2.24, 2.45) is 0 Å². The largest absolute Gasteiger partial charge is 0.319 e. The van der Waals surface area contributed by atoms with E-state index in [2.05, 4.69) is 10.3 Å². The van der Waals surface area contributed by atoms with Gasteiger partial charge in [-0.3, -0.25) is 4.79 Å². The van der Waals surface area contributed by atoms with Crippen LogP contribution in [0.2, 0.25) is 0 Å². The van der Waals surface area contributed by atoms with E-state index in [1.165, 1.54) is 11.3 Å². The van der Waals surface area contributed by atoms with E-state index in [-0.39, 0.29) is 5.78 Å². The Labute approximate surface area is 69.5 Å². The van der Waals surface area contributed by atoms with Crippen molar-refractivity contribution < 1.29 is 4.79 Å². The number of Topliss-reactive ketones (excluding diaryl/α,β-unsaturated/α-hetero) is 1. The predicted octanol–water partition coefficient (Wildman–Crippen LogP) is 0.935. The molecule has 1 N–H and O–H groups in total. The average Bonchev–Trinajstić information content (AvgIpc) is 2.52. The summed E-state index contributed by atoms with van der Waals surface area (Å²) in [6.07, 6.45) is 2.18. The molecule has 0 saturated carbocycles. The van der Waals surface area contributed by atoms with Gasteiger partial charge in [0.05, 0.1) is 0 Å². The van der Waals surface area contributed by atoms with Crippen LogP contribution in [0.3, 0.4) is 0 Å². The highest BCUT2D eigenvalue weighted by molar-refractivity contribution is 7.11. The van der Waals surface area contributed by atoms with Gasteiger partial charge in [0, 0.05) is 24.5 Å². The summed E-state index contributed by atoms with van der Waals surface area (Å²) in [6, 6.07) is 0. The van der Waals surface area contributed by atoms with Crippen LogP contribution in [0.1, 0.15) is 16.2 Å². The van der Waals surface area contributed by atoms with Crippen molar-refractivity contribution in [3.05, 3.63) is 16.6 Å². The summed E-state index contributed by atoms with van der Waals surface area (Å²) in [4.78, 5) is 15.1. The van der Waals surface area contributed by atoms with Crippen LogP contribution in [-0.4, -0.2) is 24.4 Å². The number of thiazole rings is 1. The molecular formula is C7H10N2OS. The molecule has 60 valence electrons. The van der Waals surface area contributed by atoms with E-state index in [1.54, 1.807) is 6.20 Å². The summed E-state index contributed by atoms with van der Waals surface area (Å²) in [5.74, 6) is 0.120. The fourth-order valence-electron chi connectivity index (χ4n) is 0.707. The van der Waals surface area contributed by atoms with Gasteiger partial charge in [-0.15, -0.1) is 11.3 Å². The number of nitrogens with one attached hydrogen (secondary N) is 1. The van der Waals surface area contributed by atoms with E-state index < -0.39 is 0 Å². The zero-order valence-electron chi connectivity index (χ0n) is 6.33. The maximum atomic E-state index is 11.2. The van der Waals surface area contributed by atoms with Gasteiger partial charge in [-0.05, 0) is 7.05 Å². The molecule has 0 aromatic carbocycles. The SMILES string of the molecule is CNCCC(=O)c1nccs1. The molecule has 1 rings (SSSR count). The molecule has 0 fully saturated rings. The minimum atomic E-state index is 0.120. The normalized spacial score (nSPS) is 9.91. The van der Waals surface area contributed by atoms with Gasteiger partial charge in [0.15, 0.2) is 10.8 Å². The molecule has 1 aromatic rings. The lowest BCUT2D eigenvalue weighted by Gasteiger charge is -1.94. The molecule has 0 unspecified atom stereocenters. The number of hydrogen-bond donors (Lipinski definition) is 1. The molecule has 0 radical (unpaired) electrons. The standard InChI is InChI=1S/C7H10N2OS/c1-8-3-2-6(10)7-9-4-5-11-7/h4-5,8H,2-3H2,1H3. The highest BCUT2D eigenvalue weighted by atomic mass is 32.1. The van der Waals surface area contributed by atoms with Crippen LogP contribution >= 0.6 is 11.3 Å². The number of rotatable bonds is 4. The van der Waals surface area contributed by atoms with Crippen LogP contribution in [-0.2, 0) is 0 Å². The van der Waals surface area contributed by atoms with Crippen molar-refractivity contribution in [2.45, 2.75) is 6.42 Å². The van der Waals surface area contributed by atoms with Crippen molar-refractivity contribution >= 4 is 17.1 Å². The van der Waals surface area contributed by atoms with Gasteiger partial charge in [0.1, 0.15) is 0 Å². The summed E-state index contributed by atoms with van der Waals surface area (Å²) < 4.78 is 0. The van der Waals surface area contributed by atoms with Crippen molar-refractivity contribution in [2.75, 3.05) is 13.6 Å². The maximum Gasteiger partial charge on any atom is 0.192 e. The average molecular weight is 170 g/mol. The lowest BCUT2D eigenvalue weighted by Crippen LogP contribution is -2.12. The second-order valence-electron chi connectivity index (χ2n) is 2.11. The Bertz CT molecular complexity index is 220. The summed E-state index contributed by atoms with van der Waals surface area (Å²) in [5.41, 5.74) is 0. The molecule has 0 amide bonds. The molecule has 0 aliphatic rings. The minimum absolute atomic E-state index is 0.120. The number of hydrogen-bond acceptors (Lipinski definition) is 4. The number of carbonyl (C=O) groups is 1. The van der Waals surface area contributed by atoms with Gasteiger partial charge in [0.2, 0.25) is 0 Å². The van der Waals surface area contributed by atoms with E-state index >= 15 is 0 Å². The fourth-order valence-corrected chi connectivity index (χ4v) is 1.31. The van der Waals surface area contributed by atoms with Gasteiger partial charge in [-0.2, -0.15) is 0 Å².